The van der Waals surface area contributed by atoms with E-state index in [0.717, 1.165) is 11.4 Å². The molecule has 0 bridgehead atoms. The summed E-state index contributed by atoms with van der Waals surface area (Å²) >= 11 is 0. The molecule has 4 nitrogen and oxygen atoms in total. The zero-order valence-corrected chi connectivity index (χ0v) is 12.3. The van der Waals surface area contributed by atoms with Crippen LogP contribution in [0.25, 0.3) is 0 Å². The summed E-state index contributed by atoms with van der Waals surface area (Å²) in [4.78, 5) is 6.47. The minimum atomic E-state index is 0.137. The van der Waals surface area contributed by atoms with Crippen LogP contribution in [0.4, 0.5) is 5.69 Å². The predicted octanol–water partition coefficient (Wildman–Crippen LogP) is 2.88. The highest BCUT2D eigenvalue weighted by atomic mass is 16.5. The Bertz CT molecular complexity index is 664. The fourth-order valence-corrected chi connectivity index (χ4v) is 2.61. The Labute approximate surface area is 124 Å². The third-order valence-electron chi connectivity index (χ3n) is 3.78. The zero-order chi connectivity index (χ0) is 14.8. The standard InChI is InChI=1S/C17H19N3O/c1-12-6-8-13(9-7-12)16-11-19-17(18)20(16)14-4-3-5-15(10-14)21-2/h3-10,16H,11H2,1-2H3,(H2,18,19). The van der Waals surface area contributed by atoms with Crippen LogP contribution >= 0.6 is 0 Å². The van der Waals surface area contributed by atoms with Crippen LogP contribution in [0, 0.1) is 6.92 Å². The van der Waals surface area contributed by atoms with E-state index in [9.17, 15) is 0 Å². The van der Waals surface area contributed by atoms with E-state index in [4.69, 9.17) is 10.5 Å². The van der Waals surface area contributed by atoms with Gasteiger partial charge in [-0.3, -0.25) is 4.99 Å². The van der Waals surface area contributed by atoms with E-state index < -0.39 is 0 Å². The Morgan fingerprint density at radius 3 is 2.67 bits per heavy atom. The fourth-order valence-electron chi connectivity index (χ4n) is 2.61. The number of nitrogens with zero attached hydrogens (tertiary/aromatic N) is 2. The maximum absolute atomic E-state index is 6.10. The number of hydrogen-bond donors (Lipinski definition) is 1. The summed E-state index contributed by atoms with van der Waals surface area (Å²) in [6.07, 6.45) is 0. The van der Waals surface area contributed by atoms with Crippen molar-refractivity contribution >= 4 is 11.6 Å². The number of rotatable bonds is 3. The van der Waals surface area contributed by atoms with Crippen LogP contribution in [-0.4, -0.2) is 19.6 Å². The number of methoxy groups -OCH3 is 1. The van der Waals surface area contributed by atoms with Gasteiger partial charge in [0, 0.05) is 11.8 Å². The highest BCUT2D eigenvalue weighted by Crippen LogP contribution is 2.32. The van der Waals surface area contributed by atoms with Crippen molar-refractivity contribution in [2.24, 2.45) is 10.7 Å². The maximum Gasteiger partial charge on any atom is 0.196 e. The van der Waals surface area contributed by atoms with Crippen molar-refractivity contribution in [1.29, 1.82) is 0 Å². The number of anilines is 1. The van der Waals surface area contributed by atoms with E-state index in [1.54, 1.807) is 7.11 Å². The van der Waals surface area contributed by atoms with Crippen molar-refractivity contribution in [2.75, 3.05) is 18.6 Å². The third-order valence-corrected chi connectivity index (χ3v) is 3.78. The highest BCUT2D eigenvalue weighted by Gasteiger charge is 2.28. The molecule has 1 atom stereocenters. The first-order valence-electron chi connectivity index (χ1n) is 6.99. The second kappa shape index (κ2) is 5.48. The number of guanidine groups is 1. The largest absolute Gasteiger partial charge is 0.497 e. The molecule has 1 aliphatic rings. The number of hydrogen-bond acceptors (Lipinski definition) is 4. The number of ether oxygens (including phenoxy) is 1. The Hall–Kier alpha value is -2.49. The van der Waals surface area contributed by atoms with Gasteiger partial charge < -0.3 is 15.4 Å². The van der Waals surface area contributed by atoms with Crippen molar-refractivity contribution in [3.05, 3.63) is 59.7 Å². The Kier molecular flexibility index (Phi) is 3.52. The summed E-state index contributed by atoms with van der Waals surface area (Å²) in [7, 11) is 1.66. The van der Waals surface area contributed by atoms with Crippen LogP contribution in [0.2, 0.25) is 0 Å². The van der Waals surface area contributed by atoms with Gasteiger partial charge in [-0.15, -0.1) is 0 Å². The first-order valence-corrected chi connectivity index (χ1v) is 6.99. The Balaban J connectivity index is 1.97. The molecule has 0 saturated heterocycles. The molecule has 2 aromatic rings. The number of benzene rings is 2. The van der Waals surface area contributed by atoms with Gasteiger partial charge in [0.2, 0.25) is 0 Å². The van der Waals surface area contributed by atoms with Gasteiger partial charge in [0.15, 0.2) is 5.96 Å². The lowest BCUT2D eigenvalue weighted by molar-refractivity contribution is 0.415. The number of nitrogens with two attached hydrogens (primary N) is 1. The summed E-state index contributed by atoms with van der Waals surface area (Å²) in [5, 5.41) is 0. The maximum atomic E-state index is 6.10. The smallest absolute Gasteiger partial charge is 0.196 e. The lowest BCUT2D eigenvalue weighted by Crippen LogP contribution is -2.36. The van der Waals surface area contributed by atoms with Crippen molar-refractivity contribution < 1.29 is 4.74 Å². The van der Waals surface area contributed by atoms with E-state index >= 15 is 0 Å². The number of aryl methyl sites for hydroxylation is 1. The van der Waals surface area contributed by atoms with Crippen LogP contribution in [-0.2, 0) is 0 Å². The van der Waals surface area contributed by atoms with Gasteiger partial charge in [-0.05, 0) is 24.6 Å². The molecule has 2 N–H and O–H groups in total. The average molecular weight is 281 g/mol. The molecule has 1 aliphatic heterocycles. The molecule has 1 heterocycles. The summed E-state index contributed by atoms with van der Waals surface area (Å²) < 4.78 is 5.30. The lowest BCUT2D eigenvalue weighted by atomic mass is 10.0. The molecule has 0 aliphatic carbocycles. The van der Waals surface area contributed by atoms with Crippen LogP contribution in [0.3, 0.4) is 0 Å². The van der Waals surface area contributed by atoms with Crippen molar-refractivity contribution in [3.8, 4) is 5.75 Å². The van der Waals surface area contributed by atoms with E-state index in [-0.39, 0.29) is 6.04 Å². The molecule has 2 aromatic carbocycles. The van der Waals surface area contributed by atoms with Crippen molar-refractivity contribution in [3.63, 3.8) is 0 Å². The molecule has 21 heavy (non-hydrogen) atoms. The van der Waals surface area contributed by atoms with Gasteiger partial charge in [0.05, 0.1) is 19.7 Å². The molecular weight excluding hydrogens is 262 g/mol. The van der Waals surface area contributed by atoms with Crippen molar-refractivity contribution in [1.82, 2.24) is 0 Å². The van der Waals surface area contributed by atoms with Crippen molar-refractivity contribution in [2.45, 2.75) is 13.0 Å². The monoisotopic (exact) mass is 281 g/mol. The Morgan fingerprint density at radius 2 is 1.95 bits per heavy atom. The molecule has 108 valence electrons. The van der Waals surface area contributed by atoms with Gasteiger partial charge in [-0.25, -0.2) is 0 Å². The predicted molar refractivity (Wildman–Crippen MR) is 85.9 cm³/mol. The lowest BCUT2D eigenvalue weighted by Gasteiger charge is -2.27. The first-order chi connectivity index (χ1) is 10.2. The molecule has 3 rings (SSSR count). The van der Waals surface area contributed by atoms with Crippen LogP contribution < -0.4 is 15.4 Å². The number of aliphatic imine (C=N–C) groups is 1. The molecule has 0 spiro atoms. The average Bonchev–Trinajstić information content (AvgIpc) is 2.90. The van der Waals surface area contributed by atoms with Gasteiger partial charge in [0.1, 0.15) is 5.75 Å². The molecule has 0 radical (unpaired) electrons. The van der Waals surface area contributed by atoms with Gasteiger partial charge >= 0.3 is 0 Å². The third kappa shape index (κ3) is 2.57. The second-order valence-electron chi connectivity index (χ2n) is 5.20. The van der Waals surface area contributed by atoms with Crippen LogP contribution in [0.5, 0.6) is 5.75 Å². The van der Waals surface area contributed by atoms with Gasteiger partial charge in [-0.1, -0.05) is 35.9 Å². The molecular formula is C17H19N3O. The topological polar surface area (TPSA) is 50.9 Å². The van der Waals surface area contributed by atoms with E-state index in [2.05, 4.69) is 41.1 Å². The molecule has 0 amide bonds. The van der Waals surface area contributed by atoms with Gasteiger partial charge in [-0.2, -0.15) is 0 Å². The summed E-state index contributed by atoms with van der Waals surface area (Å²) in [5.74, 6) is 1.36. The zero-order valence-electron chi connectivity index (χ0n) is 12.3. The summed E-state index contributed by atoms with van der Waals surface area (Å²) in [5.41, 5.74) is 9.56. The highest BCUT2D eigenvalue weighted by molar-refractivity contribution is 5.97. The SMILES string of the molecule is COc1cccc(N2C(N)=NCC2c2ccc(C)cc2)c1. The Morgan fingerprint density at radius 1 is 1.19 bits per heavy atom. The van der Waals surface area contributed by atoms with Gasteiger partial charge in [0.25, 0.3) is 0 Å². The fraction of sp³-hybridized carbons (Fsp3) is 0.235. The summed E-state index contributed by atoms with van der Waals surface area (Å²) in [6.45, 7) is 2.76. The van der Waals surface area contributed by atoms with E-state index in [1.807, 2.05) is 24.3 Å². The molecule has 0 saturated carbocycles. The molecule has 0 aromatic heterocycles. The molecule has 4 heteroatoms. The second-order valence-corrected chi connectivity index (χ2v) is 5.20. The summed E-state index contributed by atoms with van der Waals surface area (Å²) in [6, 6.07) is 16.5. The quantitative estimate of drug-likeness (QED) is 0.941. The van der Waals surface area contributed by atoms with E-state index in [1.165, 1.54) is 11.1 Å². The minimum absolute atomic E-state index is 0.137. The van der Waals surface area contributed by atoms with Crippen LogP contribution in [0.1, 0.15) is 17.2 Å². The molecule has 0 fully saturated rings. The van der Waals surface area contributed by atoms with Crippen LogP contribution in [0.15, 0.2) is 53.5 Å². The van der Waals surface area contributed by atoms with E-state index in [0.29, 0.717) is 12.5 Å². The molecule has 1 unspecified atom stereocenters. The minimum Gasteiger partial charge on any atom is -0.497 e. The first kappa shape index (κ1) is 13.5. The normalized spacial score (nSPS) is 17.7.